The van der Waals surface area contributed by atoms with Gasteiger partial charge in [-0.15, -0.1) is 0 Å². The zero-order valence-corrected chi connectivity index (χ0v) is 5.95. The van der Waals surface area contributed by atoms with Crippen LogP contribution in [0.2, 0.25) is 0 Å². The van der Waals surface area contributed by atoms with Gasteiger partial charge in [-0.1, -0.05) is 0 Å². The number of hydrogen-bond donors (Lipinski definition) is 1. The Labute approximate surface area is 54.5 Å². The van der Waals surface area contributed by atoms with E-state index in [-0.39, 0.29) is 6.10 Å². The SMILES string of the molecule is CSC[C@@H](O)C1CC1. The summed E-state index contributed by atoms with van der Waals surface area (Å²) in [5.74, 6) is 1.58. The van der Waals surface area contributed by atoms with E-state index in [1.54, 1.807) is 11.8 Å². The van der Waals surface area contributed by atoms with Gasteiger partial charge in [-0.05, 0) is 25.0 Å². The van der Waals surface area contributed by atoms with E-state index in [0.717, 1.165) is 5.75 Å². The molecular formula is C6H12OS. The van der Waals surface area contributed by atoms with Gasteiger partial charge in [0.2, 0.25) is 0 Å². The van der Waals surface area contributed by atoms with Crippen LogP contribution in [0.3, 0.4) is 0 Å². The smallest absolute Gasteiger partial charge is 0.0658 e. The Morgan fingerprint density at radius 1 is 1.75 bits per heavy atom. The normalized spacial score (nSPS) is 23.2. The summed E-state index contributed by atoms with van der Waals surface area (Å²) in [6.45, 7) is 0. The molecule has 0 aromatic heterocycles. The third-order valence-corrected chi connectivity index (χ3v) is 2.18. The highest BCUT2D eigenvalue weighted by atomic mass is 32.2. The maximum atomic E-state index is 9.17. The molecular weight excluding hydrogens is 120 g/mol. The molecule has 0 radical (unpaired) electrons. The Balaban J connectivity index is 2.03. The molecule has 0 aromatic rings. The van der Waals surface area contributed by atoms with Crippen LogP contribution in [0.25, 0.3) is 0 Å². The van der Waals surface area contributed by atoms with E-state index in [1.165, 1.54) is 12.8 Å². The Bertz CT molecular complexity index is 70.9. The first-order chi connectivity index (χ1) is 3.84. The number of thioether (sulfide) groups is 1. The van der Waals surface area contributed by atoms with Crippen molar-refractivity contribution in [2.24, 2.45) is 5.92 Å². The Hall–Kier alpha value is 0.310. The van der Waals surface area contributed by atoms with Gasteiger partial charge in [-0.25, -0.2) is 0 Å². The van der Waals surface area contributed by atoms with Gasteiger partial charge in [-0.2, -0.15) is 11.8 Å². The fraction of sp³-hybridized carbons (Fsp3) is 1.00. The summed E-state index contributed by atoms with van der Waals surface area (Å²) in [6, 6.07) is 0. The second-order valence-corrected chi connectivity index (χ2v) is 3.27. The zero-order chi connectivity index (χ0) is 5.98. The summed E-state index contributed by atoms with van der Waals surface area (Å²) in [5, 5.41) is 9.17. The lowest BCUT2D eigenvalue weighted by Gasteiger charge is -2.03. The molecule has 0 aliphatic heterocycles. The number of hydrogen-bond acceptors (Lipinski definition) is 2. The van der Waals surface area contributed by atoms with Gasteiger partial charge < -0.3 is 5.11 Å². The molecule has 0 heterocycles. The molecule has 8 heavy (non-hydrogen) atoms. The highest BCUT2D eigenvalue weighted by molar-refractivity contribution is 7.98. The van der Waals surface area contributed by atoms with Crippen LogP contribution in [0.1, 0.15) is 12.8 Å². The first-order valence-electron chi connectivity index (χ1n) is 3.01. The highest BCUT2D eigenvalue weighted by Crippen LogP contribution is 2.33. The van der Waals surface area contributed by atoms with E-state index in [1.807, 2.05) is 6.26 Å². The average Bonchev–Trinajstić information content (AvgIpc) is 2.45. The molecule has 1 fully saturated rings. The van der Waals surface area contributed by atoms with Crippen molar-refractivity contribution in [1.82, 2.24) is 0 Å². The van der Waals surface area contributed by atoms with E-state index >= 15 is 0 Å². The van der Waals surface area contributed by atoms with E-state index in [0.29, 0.717) is 5.92 Å². The van der Waals surface area contributed by atoms with Gasteiger partial charge >= 0.3 is 0 Å². The topological polar surface area (TPSA) is 20.2 Å². The fourth-order valence-electron chi connectivity index (χ4n) is 0.788. The van der Waals surface area contributed by atoms with Gasteiger partial charge in [0.05, 0.1) is 6.10 Å². The van der Waals surface area contributed by atoms with Gasteiger partial charge in [0, 0.05) is 5.75 Å². The van der Waals surface area contributed by atoms with E-state index in [2.05, 4.69) is 0 Å². The van der Waals surface area contributed by atoms with E-state index < -0.39 is 0 Å². The van der Waals surface area contributed by atoms with Crippen molar-refractivity contribution < 1.29 is 5.11 Å². The molecule has 1 atom stereocenters. The lowest BCUT2D eigenvalue weighted by Crippen LogP contribution is -2.11. The molecule has 0 spiro atoms. The number of aliphatic hydroxyl groups is 1. The number of aliphatic hydroxyl groups excluding tert-OH is 1. The van der Waals surface area contributed by atoms with E-state index in [4.69, 9.17) is 5.11 Å². The molecule has 0 unspecified atom stereocenters. The summed E-state index contributed by atoms with van der Waals surface area (Å²) in [7, 11) is 0. The van der Waals surface area contributed by atoms with Crippen LogP contribution >= 0.6 is 11.8 Å². The van der Waals surface area contributed by atoms with Crippen LogP contribution < -0.4 is 0 Å². The minimum absolute atomic E-state index is 0.00926. The van der Waals surface area contributed by atoms with Crippen LogP contribution in [0.4, 0.5) is 0 Å². The molecule has 1 rings (SSSR count). The van der Waals surface area contributed by atoms with Crippen molar-refractivity contribution in [2.45, 2.75) is 18.9 Å². The van der Waals surface area contributed by atoms with Crippen molar-refractivity contribution in [3.8, 4) is 0 Å². The molecule has 48 valence electrons. The van der Waals surface area contributed by atoms with Crippen LogP contribution in [0, 0.1) is 5.92 Å². The summed E-state index contributed by atoms with van der Waals surface area (Å²) in [6.07, 6.45) is 4.53. The molecule has 0 saturated heterocycles. The summed E-state index contributed by atoms with van der Waals surface area (Å²) >= 11 is 1.73. The zero-order valence-electron chi connectivity index (χ0n) is 5.13. The van der Waals surface area contributed by atoms with Gasteiger partial charge in [0.25, 0.3) is 0 Å². The van der Waals surface area contributed by atoms with Crippen molar-refractivity contribution in [3.63, 3.8) is 0 Å². The molecule has 0 amide bonds. The van der Waals surface area contributed by atoms with Crippen LogP contribution in [0.5, 0.6) is 0 Å². The van der Waals surface area contributed by atoms with E-state index in [9.17, 15) is 0 Å². The van der Waals surface area contributed by atoms with Crippen molar-refractivity contribution in [3.05, 3.63) is 0 Å². The Morgan fingerprint density at radius 3 is 2.75 bits per heavy atom. The van der Waals surface area contributed by atoms with Crippen molar-refractivity contribution in [1.29, 1.82) is 0 Å². The van der Waals surface area contributed by atoms with Crippen LogP contribution in [0.15, 0.2) is 0 Å². The number of rotatable bonds is 3. The molecule has 2 heteroatoms. The predicted molar refractivity (Wildman–Crippen MR) is 37.1 cm³/mol. The first kappa shape index (κ1) is 6.43. The molecule has 1 nitrogen and oxygen atoms in total. The van der Waals surface area contributed by atoms with Gasteiger partial charge in [0.1, 0.15) is 0 Å². The second kappa shape index (κ2) is 2.74. The Kier molecular flexibility index (Phi) is 2.20. The maximum absolute atomic E-state index is 9.17. The monoisotopic (exact) mass is 132 g/mol. The quantitative estimate of drug-likeness (QED) is 0.621. The average molecular weight is 132 g/mol. The minimum Gasteiger partial charge on any atom is -0.392 e. The molecule has 1 aliphatic rings. The molecule has 0 bridgehead atoms. The third kappa shape index (κ3) is 1.67. The third-order valence-electron chi connectivity index (χ3n) is 1.50. The second-order valence-electron chi connectivity index (χ2n) is 2.36. The summed E-state index contributed by atoms with van der Waals surface area (Å²) in [4.78, 5) is 0. The fourth-order valence-corrected chi connectivity index (χ4v) is 1.40. The van der Waals surface area contributed by atoms with Crippen LogP contribution in [-0.4, -0.2) is 23.2 Å². The predicted octanol–water partition coefficient (Wildman–Crippen LogP) is 1.12. The summed E-state index contributed by atoms with van der Waals surface area (Å²) < 4.78 is 0. The summed E-state index contributed by atoms with van der Waals surface area (Å²) in [5.41, 5.74) is 0. The first-order valence-corrected chi connectivity index (χ1v) is 4.41. The lowest BCUT2D eigenvalue weighted by atomic mass is 10.3. The molecule has 1 N–H and O–H groups in total. The minimum atomic E-state index is -0.00926. The van der Waals surface area contributed by atoms with Crippen LogP contribution in [-0.2, 0) is 0 Å². The van der Waals surface area contributed by atoms with Crippen molar-refractivity contribution in [2.75, 3.05) is 12.0 Å². The van der Waals surface area contributed by atoms with Gasteiger partial charge in [0.15, 0.2) is 0 Å². The standard InChI is InChI=1S/C6H12OS/c1-8-4-6(7)5-2-3-5/h5-7H,2-4H2,1H3/t6-/m1/s1. The highest BCUT2D eigenvalue weighted by Gasteiger charge is 2.28. The van der Waals surface area contributed by atoms with Crippen molar-refractivity contribution >= 4 is 11.8 Å². The molecule has 0 aromatic carbocycles. The largest absolute Gasteiger partial charge is 0.392 e. The lowest BCUT2D eigenvalue weighted by molar-refractivity contribution is 0.176. The maximum Gasteiger partial charge on any atom is 0.0658 e. The van der Waals surface area contributed by atoms with Gasteiger partial charge in [-0.3, -0.25) is 0 Å². The Morgan fingerprint density at radius 2 is 2.38 bits per heavy atom. The molecule has 1 aliphatic carbocycles. The molecule has 1 saturated carbocycles.